The third kappa shape index (κ3) is 2.86. The van der Waals surface area contributed by atoms with E-state index in [1.807, 2.05) is 6.92 Å². The summed E-state index contributed by atoms with van der Waals surface area (Å²) in [4.78, 5) is 10.8. The van der Waals surface area contributed by atoms with Crippen molar-refractivity contribution >= 4 is 21.9 Å². The Bertz CT molecular complexity index is 455. The number of halogens is 2. The van der Waals surface area contributed by atoms with Crippen molar-refractivity contribution in [3.63, 3.8) is 0 Å². The topological polar surface area (TPSA) is 37.3 Å². The monoisotopic (exact) mass is 300 g/mol. The van der Waals surface area contributed by atoms with E-state index in [0.29, 0.717) is 11.5 Å². The van der Waals surface area contributed by atoms with Gasteiger partial charge >= 0.3 is 5.97 Å². The second kappa shape index (κ2) is 4.77. The molecule has 1 atom stereocenters. The number of aryl methyl sites for hydroxylation is 1. The Morgan fingerprint density at radius 3 is 2.76 bits per heavy atom. The quantitative estimate of drug-likeness (QED) is 0.916. The second-order valence-electron chi connectivity index (χ2n) is 4.66. The SMILES string of the molecule is Cc1cc(F)c(C(CC(=O)O)C2CC2)cc1Br. The molecule has 1 aliphatic carbocycles. The van der Waals surface area contributed by atoms with Crippen LogP contribution in [0.2, 0.25) is 0 Å². The average Bonchev–Trinajstić information content (AvgIpc) is 3.04. The molecular formula is C13H14BrFO2. The molecule has 0 radical (unpaired) electrons. The first-order valence-corrected chi connectivity index (χ1v) is 6.45. The van der Waals surface area contributed by atoms with E-state index in [0.717, 1.165) is 22.9 Å². The third-order valence-corrected chi connectivity index (χ3v) is 4.12. The standard InChI is InChI=1S/C13H14BrFO2/c1-7-4-12(15)10(5-11(7)14)9(6-13(16)17)8-2-3-8/h4-5,8-9H,2-3,6H2,1H3,(H,16,17). The van der Waals surface area contributed by atoms with Crippen molar-refractivity contribution in [2.45, 2.75) is 32.1 Å². The van der Waals surface area contributed by atoms with E-state index in [-0.39, 0.29) is 18.2 Å². The Hall–Kier alpha value is -0.900. The first-order chi connectivity index (χ1) is 7.99. The van der Waals surface area contributed by atoms with Crippen LogP contribution in [0.1, 0.15) is 36.3 Å². The van der Waals surface area contributed by atoms with Crippen LogP contribution < -0.4 is 0 Å². The smallest absolute Gasteiger partial charge is 0.303 e. The molecular weight excluding hydrogens is 287 g/mol. The van der Waals surface area contributed by atoms with E-state index in [2.05, 4.69) is 15.9 Å². The van der Waals surface area contributed by atoms with Gasteiger partial charge in [0.15, 0.2) is 0 Å². The zero-order valence-electron chi connectivity index (χ0n) is 9.54. The van der Waals surface area contributed by atoms with Crippen LogP contribution in [-0.2, 0) is 4.79 Å². The van der Waals surface area contributed by atoms with E-state index < -0.39 is 5.97 Å². The molecule has 1 aliphatic rings. The van der Waals surface area contributed by atoms with Gasteiger partial charge in [-0.25, -0.2) is 4.39 Å². The first-order valence-electron chi connectivity index (χ1n) is 5.66. The van der Waals surface area contributed by atoms with E-state index in [4.69, 9.17) is 5.11 Å². The highest BCUT2D eigenvalue weighted by molar-refractivity contribution is 9.10. The lowest BCUT2D eigenvalue weighted by Gasteiger charge is -2.16. The van der Waals surface area contributed by atoms with E-state index in [1.165, 1.54) is 6.07 Å². The Labute approximate surface area is 108 Å². The summed E-state index contributed by atoms with van der Waals surface area (Å²) in [6.07, 6.45) is 2.02. The van der Waals surface area contributed by atoms with Crippen molar-refractivity contribution in [1.29, 1.82) is 0 Å². The summed E-state index contributed by atoms with van der Waals surface area (Å²) in [5, 5.41) is 8.90. The summed E-state index contributed by atoms with van der Waals surface area (Å²) < 4.78 is 14.7. The molecule has 1 fully saturated rings. The Kier molecular flexibility index (Phi) is 3.52. The predicted octanol–water partition coefficient (Wildman–Crippen LogP) is 3.86. The van der Waals surface area contributed by atoms with Crippen LogP contribution in [-0.4, -0.2) is 11.1 Å². The van der Waals surface area contributed by atoms with Crippen molar-refractivity contribution in [2.24, 2.45) is 5.92 Å². The largest absolute Gasteiger partial charge is 0.481 e. The molecule has 0 spiro atoms. The molecule has 1 unspecified atom stereocenters. The van der Waals surface area contributed by atoms with Crippen LogP contribution in [0.15, 0.2) is 16.6 Å². The Balaban J connectivity index is 2.35. The number of hydrogen-bond donors (Lipinski definition) is 1. The lowest BCUT2D eigenvalue weighted by atomic mass is 9.90. The number of hydrogen-bond acceptors (Lipinski definition) is 1. The predicted molar refractivity (Wildman–Crippen MR) is 66.6 cm³/mol. The summed E-state index contributed by atoms with van der Waals surface area (Å²) >= 11 is 3.37. The molecule has 2 rings (SSSR count). The van der Waals surface area contributed by atoms with Crippen LogP contribution in [0.4, 0.5) is 4.39 Å². The van der Waals surface area contributed by atoms with Crippen LogP contribution in [0.25, 0.3) is 0 Å². The summed E-state index contributed by atoms with van der Waals surface area (Å²) in [6, 6.07) is 3.20. The molecule has 1 saturated carbocycles. The van der Waals surface area contributed by atoms with Crippen LogP contribution in [0.5, 0.6) is 0 Å². The van der Waals surface area contributed by atoms with Gasteiger partial charge in [0.2, 0.25) is 0 Å². The number of carboxylic acid groups (broad SMARTS) is 1. The molecule has 1 aromatic rings. The van der Waals surface area contributed by atoms with Gasteiger partial charge in [-0.05, 0) is 48.9 Å². The fraction of sp³-hybridized carbons (Fsp3) is 0.462. The van der Waals surface area contributed by atoms with Gasteiger partial charge in [0.05, 0.1) is 6.42 Å². The second-order valence-corrected chi connectivity index (χ2v) is 5.52. The Morgan fingerprint density at radius 1 is 1.59 bits per heavy atom. The van der Waals surface area contributed by atoms with Gasteiger partial charge in [-0.2, -0.15) is 0 Å². The van der Waals surface area contributed by atoms with Crippen LogP contribution >= 0.6 is 15.9 Å². The van der Waals surface area contributed by atoms with Gasteiger partial charge in [0, 0.05) is 10.4 Å². The number of aliphatic carboxylic acids is 1. The third-order valence-electron chi connectivity index (χ3n) is 3.26. The van der Waals surface area contributed by atoms with E-state index in [1.54, 1.807) is 6.07 Å². The maximum absolute atomic E-state index is 13.9. The molecule has 92 valence electrons. The fourth-order valence-corrected chi connectivity index (χ4v) is 2.52. The average molecular weight is 301 g/mol. The number of benzene rings is 1. The minimum atomic E-state index is -0.863. The number of carbonyl (C=O) groups is 1. The van der Waals surface area contributed by atoms with Crippen molar-refractivity contribution in [3.05, 3.63) is 33.5 Å². The van der Waals surface area contributed by atoms with Crippen molar-refractivity contribution < 1.29 is 14.3 Å². The summed E-state index contributed by atoms with van der Waals surface area (Å²) in [6.45, 7) is 1.82. The highest BCUT2D eigenvalue weighted by Crippen LogP contribution is 2.45. The molecule has 0 aromatic heterocycles. The van der Waals surface area contributed by atoms with Crippen LogP contribution in [0.3, 0.4) is 0 Å². The number of carboxylic acids is 1. The molecule has 2 nitrogen and oxygen atoms in total. The van der Waals surface area contributed by atoms with Crippen molar-refractivity contribution in [1.82, 2.24) is 0 Å². The minimum absolute atomic E-state index is 0.0110. The molecule has 0 heterocycles. The zero-order valence-corrected chi connectivity index (χ0v) is 11.1. The van der Waals surface area contributed by atoms with E-state index in [9.17, 15) is 9.18 Å². The molecule has 0 aliphatic heterocycles. The molecule has 0 bridgehead atoms. The first kappa shape index (κ1) is 12.6. The van der Waals surface area contributed by atoms with Gasteiger partial charge < -0.3 is 5.11 Å². The zero-order chi connectivity index (χ0) is 12.6. The minimum Gasteiger partial charge on any atom is -0.481 e. The number of rotatable bonds is 4. The van der Waals surface area contributed by atoms with Crippen molar-refractivity contribution in [2.75, 3.05) is 0 Å². The van der Waals surface area contributed by atoms with Gasteiger partial charge in [0.1, 0.15) is 5.82 Å². The fourth-order valence-electron chi connectivity index (χ4n) is 2.16. The van der Waals surface area contributed by atoms with Crippen molar-refractivity contribution in [3.8, 4) is 0 Å². The maximum Gasteiger partial charge on any atom is 0.303 e. The van der Waals surface area contributed by atoms with Gasteiger partial charge in [0.25, 0.3) is 0 Å². The maximum atomic E-state index is 13.9. The molecule has 4 heteroatoms. The van der Waals surface area contributed by atoms with Gasteiger partial charge in [-0.15, -0.1) is 0 Å². The normalized spacial score (nSPS) is 16.9. The highest BCUT2D eigenvalue weighted by Gasteiger charge is 2.35. The van der Waals surface area contributed by atoms with Gasteiger partial charge in [-0.3, -0.25) is 4.79 Å². The summed E-state index contributed by atoms with van der Waals surface area (Å²) in [5.41, 5.74) is 1.36. The lowest BCUT2D eigenvalue weighted by molar-refractivity contribution is -0.137. The van der Waals surface area contributed by atoms with E-state index >= 15 is 0 Å². The van der Waals surface area contributed by atoms with Gasteiger partial charge in [-0.1, -0.05) is 15.9 Å². The molecule has 1 N–H and O–H groups in total. The Morgan fingerprint density at radius 2 is 2.24 bits per heavy atom. The van der Waals surface area contributed by atoms with Crippen LogP contribution in [0, 0.1) is 18.7 Å². The summed E-state index contributed by atoms with van der Waals surface area (Å²) in [7, 11) is 0. The molecule has 0 amide bonds. The molecule has 17 heavy (non-hydrogen) atoms. The highest BCUT2D eigenvalue weighted by atomic mass is 79.9. The molecule has 1 aromatic carbocycles. The summed E-state index contributed by atoms with van der Waals surface area (Å²) in [5.74, 6) is -1.01. The lowest BCUT2D eigenvalue weighted by Crippen LogP contribution is -2.10. The molecule has 0 saturated heterocycles.